The van der Waals surface area contributed by atoms with E-state index >= 15 is 0 Å². The van der Waals surface area contributed by atoms with E-state index in [4.69, 9.17) is 0 Å². The molecule has 1 aromatic carbocycles. The fourth-order valence-corrected chi connectivity index (χ4v) is 3.47. The molecule has 1 aromatic heterocycles. The van der Waals surface area contributed by atoms with Crippen LogP contribution in [0, 0.1) is 5.41 Å². The summed E-state index contributed by atoms with van der Waals surface area (Å²) in [5.74, 6) is 0.0246. The lowest BCUT2D eigenvalue weighted by Gasteiger charge is -2.29. The third-order valence-corrected chi connectivity index (χ3v) is 5.06. The molecule has 1 amide bonds. The first-order valence-electron chi connectivity index (χ1n) is 7.49. The van der Waals surface area contributed by atoms with Gasteiger partial charge in [0, 0.05) is 11.4 Å². The van der Waals surface area contributed by atoms with Gasteiger partial charge in [0.15, 0.2) is 0 Å². The normalized spacial score (nSPS) is 21.2. The standard InChI is InChI=1S/C16H19N3O/c20-15(13-3-1-2-11-10-17-19-14(11)13)18-12-4-6-16(7-5-12)8-9-16/h1-3,10,12H,4-9H2,(H,17,19)(H,18,20). The summed E-state index contributed by atoms with van der Waals surface area (Å²) in [6, 6.07) is 6.08. The minimum Gasteiger partial charge on any atom is -0.349 e. The third kappa shape index (κ3) is 1.99. The van der Waals surface area contributed by atoms with Gasteiger partial charge in [0.2, 0.25) is 0 Å². The predicted octanol–water partition coefficient (Wildman–Crippen LogP) is 3.02. The van der Waals surface area contributed by atoms with E-state index in [2.05, 4.69) is 15.5 Å². The first-order valence-corrected chi connectivity index (χ1v) is 7.49. The van der Waals surface area contributed by atoms with Gasteiger partial charge < -0.3 is 5.32 Å². The molecule has 1 spiro atoms. The molecule has 4 rings (SSSR count). The van der Waals surface area contributed by atoms with Gasteiger partial charge in [-0.25, -0.2) is 0 Å². The first kappa shape index (κ1) is 11.9. The Morgan fingerprint density at radius 3 is 2.80 bits per heavy atom. The zero-order chi connectivity index (χ0) is 13.6. The fraction of sp³-hybridized carbons (Fsp3) is 0.500. The molecule has 4 nitrogen and oxygen atoms in total. The van der Waals surface area contributed by atoms with Crippen LogP contribution in [0.1, 0.15) is 48.9 Å². The van der Waals surface area contributed by atoms with Crippen LogP contribution >= 0.6 is 0 Å². The van der Waals surface area contributed by atoms with Crippen molar-refractivity contribution < 1.29 is 4.79 Å². The molecule has 0 aliphatic heterocycles. The van der Waals surface area contributed by atoms with Crippen LogP contribution in [-0.4, -0.2) is 22.1 Å². The van der Waals surface area contributed by atoms with Crippen molar-refractivity contribution in [1.29, 1.82) is 0 Å². The van der Waals surface area contributed by atoms with Gasteiger partial charge in [0.05, 0.1) is 17.3 Å². The minimum atomic E-state index is 0.0246. The smallest absolute Gasteiger partial charge is 0.253 e. The third-order valence-electron chi connectivity index (χ3n) is 5.06. The molecule has 2 fully saturated rings. The molecule has 104 valence electrons. The Morgan fingerprint density at radius 2 is 2.05 bits per heavy atom. The van der Waals surface area contributed by atoms with Gasteiger partial charge in [-0.2, -0.15) is 5.10 Å². The number of para-hydroxylation sites is 1. The van der Waals surface area contributed by atoms with Crippen LogP contribution in [0.3, 0.4) is 0 Å². The number of aromatic nitrogens is 2. The summed E-state index contributed by atoms with van der Waals surface area (Å²) in [6.45, 7) is 0. The Bertz CT molecular complexity index is 647. The van der Waals surface area contributed by atoms with Gasteiger partial charge >= 0.3 is 0 Å². The number of hydrogen-bond acceptors (Lipinski definition) is 2. The Kier molecular flexibility index (Phi) is 2.59. The SMILES string of the molecule is O=C(NC1CCC2(CC1)CC2)c1cccc2cn[nH]c12. The van der Waals surface area contributed by atoms with Crippen LogP contribution in [0.4, 0.5) is 0 Å². The number of rotatable bonds is 2. The van der Waals surface area contributed by atoms with Gasteiger partial charge in [-0.3, -0.25) is 9.89 Å². The lowest BCUT2D eigenvalue weighted by atomic mass is 9.83. The van der Waals surface area contributed by atoms with Crippen LogP contribution in [0.15, 0.2) is 24.4 Å². The van der Waals surface area contributed by atoms with Crippen molar-refractivity contribution in [3.63, 3.8) is 0 Å². The molecule has 2 saturated carbocycles. The van der Waals surface area contributed by atoms with Crippen LogP contribution in [0.5, 0.6) is 0 Å². The highest BCUT2D eigenvalue weighted by Crippen LogP contribution is 2.56. The maximum absolute atomic E-state index is 12.4. The molecule has 2 aromatic rings. The number of aromatic amines is 1. The van der Waals surface area contributed by atoms with Crippen molar-refractivity contribution in [1.82, 2.24) is 15.5 Å². The molecule has 2 N–H and O–H groups in total. The van der Waals surface area contributed by atoms with Gasteiger partial charge in [-0.15, -0.1) is 0 Å². The highest BCUT2D eigenvalue weighted by molar-refractivity contribution is 6.05. The molecule has 0 unspecified atom stereocenters. The Morgan fingerprint density at radius 1 is 1.25 bits per heavy atom. The van der Waals surface area contributed by atoms with Gasteiger partial charge in [0.1, 0.15) is 0 Å². The van der Waals surface area contributed by atoms with Crippen LogP contribution < -0.4 is 5.32 Å². The fourth-order valence-electron chi connectivity index (χ4n) is 3.47. The molecule has 2 aliphatic carbocycles. The molecule has 0 radical (unpaired) electrons. The van der Waals surface area contributed by atoms with E-state index in [9.17, 15) is 4.79 Å². The second-order valence-electron chi connectivity index (χ2n) is 6.39. The number of nitrogens with one attached hydrogen (secondary N) is 2. The Hall–Kier alpha value is -1.84. The van der Waals surface area contributed by atoms with E-state index in [1.807, 2.05) is 18.2 Å². The largest absolute Gasteiger partial charge is 0.349 e. The van der Waals surface area contributed by atoms with Crippen LogP contribution in [0.2, 0.25) is 0 Å². The van der Waals surface area contributed by atoms with Crippen LogP contribution in [-0.2, 0) is 0 Å². The maximum Gasteiger partial charge on any atom is 0.253 e. The number of amides is 1. The first-order chi connectivity index (χ1) is 9.76. The minimum absolute atomic E-state index is 0.0246. The van der Waals surface area contributed by atoms with Crippen molar-refractivity contribution in [3.05, 3.63) is 30.0 Å². The predicted molar refractivity (Wildman–Crippen MR) is 77.5 cm³/mol. The van der Waals surface area contributed by atoms with Crippen molar-refractivity contribution in [3.8, 4) is 0 Å². The Labute approximate surface area is 117 Å². The lowest BCUT2D eigenvalue weighted by Crippen LogP contribution is -2.38. The van der Waals surface area contributed by atoms with Crippen molar-refractivity contribution in [2.45, 2.75) is 44.6 Å². The molecular weight excluding hydrogens is 250 g/mol. The van der Waals surface area contributed by atoms with Gasteiger partial charge in [-0.05, 0) is 50.0 Å². The maximum atomic E-state index is 12.4. The van der Waals surface area contributed by atoms with Crippen molar-refractivity contribution in [2.24, 2.45) is 5.41 Å². The van der Waals surface area contributed by atoms with E-state index < -0.39 is 0 Å². The number of H-pyrrole nitrogens is 1. The Balaban J connectivity index is 1.48. The van der Waals surface area contributed by atoms with E-state index in [1.165, 1.54) is 25.7 Å². The summed E-state index contributed by atoms with van der Waals surface area (Å²) >= 11 is 0. The quantitative estimate of drug-likeness (QED) is 0.880. The summed E-state index contributed by atoms with van der Waals surface area (Å²) < 4.78 is 0. The summed E-state index contributed by atoms with van der Waals surface area (Å²) in [7, 11) is 0. The molecule has 0 saturated heterocycles. The zero-order valence-corrected chi connectivity index (χ0v) is 11.5. The van der Waals surface area contributed by atoms with Crippen LogP contribution in [0.25, 0.3) is 10.9 Å². The second kappa shape index (κ2) is 4.33. The summed E-state index contributed by atoms with van der Waals surface area (Å²) in [5.41, 5.74) is 2.20. The zero-order valence-electron chi connectivity index (χ0n) is 11.5. The molecule has 0 bridgehead atoms. The number of benzene rings is 1. The highest BCUT2D eigenvalue weighted by atomic mass is 16.1. The molecule has 2 aliphatic rings. The number of fused-ring (bicyclic) bond motifs is 1. The van der Waals surface area contributed by atoms with Gasteiger partial charge in [0.25, 0.3) is 5.91 Å². The van der Waals surface area contributed by atoms with E-state index in [1.54, 1.807) is 6.20 Å². The summed E-state index contributed by atoms with van der Waals surface area (Å²) in [5, 5.41) is 11.1. The second-order valence-corrected chi connectivity index (χ2v) is 6.39. The molecule has 20 heavy (non-hydrogen) atoms. The van der Waals surface area contributed by atoms with E-state index in [0.717, 1.165) is 23.7 Å². The highest BCUT2D eigenvalue weighted by Gasteiger charge is 2.44. The molecular formula is C16H19N3O. The van der Waals surface area contributed by atoms with E-state index in [0.29, 0.717) is 17.0 Å². The number of carbonyl (C=O) groups excluding carboxylic acids is 1. The topological polar surface area (TPSA) is 57.8 Å². The monoisotopic (exact) mass is 269 g/mol. The van der Waals surface area contributed by atoms with Gasteiger partial charge in [-0.1, -0.05) is 12.1 Å². The summed E-state index contributed by atoms with van der Waals surface area (Å²) in [4.78, 5) is 12.4. The average molecular weight is 269 g/mol. The summed E-state index contributed by atoms with van der Waals surface area (Å²) in [6.07, 6.45) is 9.39. The van der Waals surface area contributed by atoms with E-state index in [-0.39, 0.29) is 5.91 Å². The molecule has 0 atom stereocenters. The molecule has 1 heterocycles. The van der Waals surface area contributed by atoms with Crippen molar-refractivity contribution >= 4 is 16.8 Å². The number of nitrogens with zero attached hydrogens (tertiary/aromatic N) is 1. The number of hydrogen-bond donors (Lipinski definition) is 2. The number of carbonyl (C=O) groups is 1. The molecule has 4 heteroatoms. The lowest BCUT2D eigenvalue weighted by molar-refractivity contribution is 0.0921. The van der Waals surface area contributed by atoms with Crippen molar-refractivity contribution in [2.75, 3.05) is 0 Å². The average Bonchev–Trinajstić information content (AvgIpc) is 3.04.